The molecule has 2 rings (SSSR count). The number of nitrogens with one attached hydrogen (secondary N) is 1. The van der Waals surface area contributed by atoms with Crippen LogP contribution in [0.1, 0.15) is 29.8 Å². The Labute approximate surface area is 161 Å². The van der Waals surface area contributed by atoms with Crippen molar-refractivity contribution in [3.63, 3.8) is 0 Å². The number of hydrogen-bond donors (Lipinski definition) is 2. The van der Waals surface area contributed by atoms with E-state index < -0.39 is 10.0 Å². The van der Waals surface area contributed by atoms with Gasteiger partial charge in [-0.3, -0.25) is 4.79 Å². The van der Waals surface area contributed by atoms with E-state index in [4.69, 9.17) is 5.73 Å². The molecule has 2 aromatic rings. The second kappa shape index (κ2) is 8.65. The molecule has 0 atom stereocenters. The van der Waals surface area contributed by atoms with Crippen LogP contribution < -0.4 is 10.5 Å². The molecule has 6 nitrogen and oxygen atoms in total. The number of benzene rings is 2. The number of carbonyl (C=O) groups is 1. The Balaban J connectivity index is 2.14. The molecule has 0 saturated carbocycles. The van der Waals surface area contributed by atoms with Crippen molar-refractivity contribution in [2.24, 2.45) is 11.1 Å². The van der Waals surface area contributed by atoms with Gasteiger partial charge in [-0.05, 0) is 35.7 Å². The lowest BCUT2D eigenvalue weighted by Crippen LogP contribution is -2.39. The maximum absolute atomic E-state index is 12.7. The van der Waals surface area contributed by atoms with Crippen LogP contribution in [-0.2, 0) is 16.6 Å². The first-order chi connectivity index (χ1) is 12.6. The van der Waals surface area contributed by atoms with Gasteiger partial charge in [-0.25, -0.2) is 13.1 Å². The highest BCUT2D eigenvalue weighted by Crippen LogP contribution is 2.18. The molecule has 2 aromatic carbocycles. The number of sulfonamides is 1. The number of rotatable bonds is 8. The Morgan fingerprint density at radius 1 is 1.11 bits per heavy atom. The van der Waals surface area contributed by atoms with Gasteiger partial charge in [-0.15, -0.1) is 0 Å². The SMILES string of the molecule is CN(CC(C)(C)CN)C(=O)c1cccc(S(=O)(=O)NCc2ccccc2)c1. The van der Waals surface area contributed by atoms with Gasteiger partial charge in [0.2, 0.25) is 10.0 Å². The molecule has 146 valence electrons. The molecule has 0 aromatic heterocycles. The molecular weight excluding hydrogens is 362 g/mol. The topological polar surface area (TPSA) is 92.5 Å². The van der Waals surface area contributed by atoms with E-state index in [1.54, 1.807) is 24.1 Å². The highest BCUT2D eigenvalue weighted by molar-refractivity contribution is 7.89. The smallest absolute Gasteiger partial charge is 0.253 e. The fourth-order valence-corrected chi connectivity index (χ4v) is 3.72. The Hall–Kier alpha value is -2.22. The standard InChI is InChI=1S/C20H27N3O3S/c1-20(2,14-21)15-23(3)19(24)17-10-7-11-18(12-17)27(25,26)22-13-16-8-5-4-6-9-16/h4-12,22H,13-15,21H2,1-3H3. The highest BCUT2D eigenvalue weighted by Gasteiger charge is 2.23. The first kappa shape index (κ1) is 21.1. The van der Waals surface area contributed by atoms with Gasteiger partial charge in [-0.1, -0.05) is 50.2 Å². The van der Waals surface area contributed by atoms with E-state index >= 15 is 0 Å². The quantitative estimate of drug-likeness (QED) is 0.724. The summed E-state index contributed by atoms with van der Waals surface area (Å²) < 4.78 is 27.7. The molecule has 0 spiro atoms. The molecule has 0 aliphatic heterocycles. The predicted octanol–water partition coefficient (Wildman–Crippen LogP) is 2.22. The summed E-state index contributed by atoms with van der Waals surface area (Å²) >= 11 is 0. The van der Waals surface area contributed by atoms with Gasteiger partial charge in [0.05, 0.1) is 4.90 Å². The maximum atomic E-state index is 12.7. The van der Waals surface area contributed by atoms with Crippen molar-refractivity contribution in [3.8, 4) is 0 Å². The predicted molar refractivity (Wildman–Crippen MR) is 107 cm³/mol. The Morgan fingerprint density at radius 3 is 2.41 bits per heavy atom. The second-order valence-corrected chi connectivity index (χ2v) is 9.13. The van der Waals surface area contributed by atoms with E-state index in [0.29, 0.717) is 18.7 Å². The summed E-state index contributed by atoms with van der Waals surface area (Å²) in [6, 6.07) is 15.3. The van der Waals surface area contributed by atoms with Crippen molar-refractivity contribution in [1.29, 1.82) is 0 Å². The van der Waals surface area contributed by atoms with Crippen LogP contribution in [0, 0.1) is 5.41 Å². The number of hydrogen-bond acceptors (Lipinski definition) is 4. The lowest BCUT2D eigenvalue weighted by molar-refractivity contribution is 0.0740. The van der Waals surface area contributed by atoms with E-state index in [1.165, 1.54) is 12.1 Å². The highest BCUT2D eigenvalue weighted by atomic mass is 32.2. The zero-order chi connectivity index (χ0) is 20.1. The molecule has 0 aliphatic rings. The van der Waals surface area contributed by atoms with Crippen LogP contribution in [0.25, 0.3) is 0 Å². The van der Waals surface area contributed by atoms with Gasteiger partial charge in [0, 0.05) is 25.7 Å². The van der Waals surface area contributed by atoms with E-state index in [1.807, 2.05) is 44.2 Å². The van der Waals surface area contributed by atoms with Gasteiger partial charge in [0.25, 0.3) is 5.91 Å². The molecule has 0 bridgehead atoms. The van der Waals surface area contributed by atoms with E-state index in [9.17, 15) is 13.2 Å². The van der Waals surface area contributed by atoms with Crippen LogP contribution in [0.15, 0.2) is 59.5 Å². The van der Waals surface area contributed by atoms with Crippen molar-refractivity contribution in [3.05, 3.63) is 65.7 Å². The Kier molecular flexibility index (Phi) is 6.75. The Morgan fingerprint density at radius 2 is 1.78 bits per heavy atom. The fourth-order valence-electron chi connectivity index (χ4n) is 2.65. The van der Waals surface area contributed by atoms with Gasteiger partial charge in [-0.2, -0.15) is 0 Å². The molecule has 27 heavy (non-hydrogen) atoms. The normalized spacial score (nSPS) is 12.0. The van der Waals surface area contributed by atoms with E-state index in [2.05, 4.69) is 4.72 Å². The van der Waals surface area contributed by atoms with Crippen LogP contribution in [-0.4, -0.2) is 39.4 Å². The molecule has 0 radical (unpaired) electrons. The van der Waals surface area contributed by atoms with E-state index in [-0.39, 0.29) is 22.8 Å². The number of carbonyl (C=O) groups excluding carboxylic acids is 1. The molecular formula is C20H27N3O3S. The van der Waals surface area contributed by atoms with Crippen molar-refractivity contribution in [2.75, 3.05) is 20.1 Å². The van der Waals surface area contributed by atoms with Crippen molar-refractivity contribution in [1.82, 2.24) is 9.62 Å². The lowest BCUT2D eigenvalue weighted by atomic mass is 9.93. The second-order valence-electron chi connectivity index (χ2n) is 7.37. The van der Waals surface area contributed by atoms with Crippen LogP contribution in [0.5, 0.6) is 0 Å². The third kappa shape index (κ3) is 5.89. The zero-order valence-corrected chi connectivity index (χ0v) is 16.8. The molecule has 0 fully saturated rings. The summed E-state index contributed by atoms with van der Waals surface area (Å²) in [6.07, 6.45) is 0. The van der Waals surface area contributed by atoms with Crippen LogP contribution in [0.3, 0.4) is 0 Å². The fraction of sp³-hybridized carbons (Fsp3) is 0.350. The average molecular weight is 390 g/mol. The summed E-state index contributed by atoms with van der Waals surface area (Å²) in [6.45, 7) is 5.07. The monoisotopic (exact) mass is 389 g/mol. The molecule has 0 heterocycles. The molecule has 0 unspecified atom stereocenters. The number of amides is 1. The van der Waals surface area contributed by atoms with Gasteiger partial charge in [0.15, 0.2) is 0 Å². The third-order valence-corrected chi connectivity index (χ3v) is 5.66. The first-order valence-electron chi connectivity index (χ1n) is 8.74. The summed E-state index contributed by atoms with van der Waals surface area (Å²) in [4.78, 5) is 14.3. The van der Waals surface area contributed by atoms with Crippen molar-refractivity contribution >= 4 is 15.9 Å². The van der Waals surface area contributed by atoms with Crippen molar-refractivity contribution in [2.45, 2.75) is 25.3 Å². The third-order valence-electron chi connectivity index (χ3n) is 4.26. The molecule has 0 aliphatic carbocycles. The summed E-state index contributed by atoms with van der Waals surface area (Å²) in [5.74, 6) is -0.239. The summed E-state index contributed by atoms with van der Waals surface area (Å²) in [5, 5.41) is 0. The first-order valence-corrected chi connectivity index (χ1v) is 10.2. The zero-order valence-electron chi connectivity index (χ0n) is 16.0. The largest absolute Gasteiger partial charge is 0.341 e. The summed E-state index contributed by atoms with van der Waals surface area (Å²) in [7, 11) is -2.03. The summed E-state index contributed by atoms with van der Waals surface area (Å²) in [5.41, 5.74) is 6.70. The number of nitrogens with zero attached hydrogens (tertiary/aromatic N) is 1. The minimum atomic E-state index is -3.72. The van der Waals surface area contributed by atoms with E-state index in [0.717, 1.165) is 5.56 Å². The lowest BCUT2D eigenvalue weighted by Gasteiger charge is -2.29. The van der Waals surface area contributed by atoms with Crippen LogP contribution in [0.2, 0.25) is 0 Å². The van der Waals surface area contributed by atoms with Crippen molar-refractivity contribution < 1.29 is 13.2 Å². The average Bonchev–Trinajstić information content (AvgIpc) is 2.66. The Bertz CT molecular complexity index is 880. The number of nitrogens with two attached hydrogens (primary N) is 1. The van der Waals surface area contributed by atoms with Gasteiger partial charge >= 0.3 is 0 Å². The van der Waals surface area contributed by atoms with Crippen LogP contribution >= 0.6 is 0 Å². The molecule has 7 heteroatoms. The van der Waals surface area contributed by atoms with Gasteiger partial charge in [0.1, 0.15) is 0 Å². The minimum absolute atomic E-state index is 0.0655. The molecule has 1 amide bonds. The van der Waals surface area contributed by atoms with Gasteiger partial charge < -0.3 is 10.6 Å². The molecule has 0 saturated heterocycles. The molecule has 3 N–H and O–H groups in total. The minimum Gasteiger partial charge on any atom is -0.341 e. The van der Waals surface area contributed by atoms with Crippen LogP contribution in [0.4, 0.5) is 0 Å². The maximum Gasteiger partial charge on any atom is 0.253 e.